The van der Waals surface area contributed by atoms with Crippen LogP contribution in [0.15, 0.2) is 72.9 Å². The second kappa shape index (κ2) is 15.9. The minimum atomic E-state index is -1.02. The van der Waals surface area contributed by atoms with Gasteiger partial charge in [0.1, 0.15) is 18.2 Å². The summed E-state index contributed by atoms with van der Waals surface area (Å²) in [5, 5.41) is 11.4. The van der Waals surface area contributed by atoms with Crippen molar-refractivity contribution in [3.8, 4) is 11.3 Å². The van der Waals surface area contributed by atoms with E-state index in [1.54, 1.807) is 12.1 Å². The summed E-state index contributed by atoms with van der Waals surface area (Å²) in [5.74, 6) is 1.08. The molecule has 1 amide bonds. The summed E-state index contributed by atoms with van der Waals surface area (Å²) in [6.45, 7) is 24.4. The Hall–Kier alpha value is -4.27. The number of halogens is 1. The SMILES string of the molecule is C=C(C)[C@@H]1CC[C@]2(C(=O)N3CCC[C@H]3c3ncc(-c4ccc(F)cc4)[nH]3)CC[C@]3(C)[C@H](CC[C@@H]4[C@]5(C)CC[C@H](C6(C(=O)O)CC(C(=O)OCc7ccccc7)C6(C)C)C(C)(C)[C@H]5CC[C@]43C)[C@@H]12. The number of carboxylic acid groups (broad SMARTS) is 1. The number of nitrogens with one attached hydrogen (secondary N) is 1. The highest BCUT2D eigenvalue weighted by atomic mass is 19.1. The third kappa shape index (κ3) is 6.45. The highest BCUT2D eigenvalue weighted by Gasteiger charge is 2.77. The topological polar surface area (TPSA) is 113 Å². The van der Waals surface area contributed by atoms with Crippen molar-refractivity contribution in [2.75, 3.05) is 6.54 Å². The molecule has 0 bridgehead atoms. The number of carbonyl (C=O) groups is 3. The van der Waals surface area contributed by atoms with E-state index in [1.807, 2.05) is 50.4 Å². The molecule has 6 saturated carbocycles. The van der Waals surface area contributed by atoms with Crippen LogP contribution in [-0.2, 0) is 25.7 Å². The van der Waals surface area contributed by atoms with Crippen molar-refractivity contribution in [1.29, 1.82) is 0 Å². The minimum absolute atomic E-state index is 0.0367. The molecule has 360 valence electrons. The minimum Gasteiger partial charge on any atom is -0.481 e. The van der Waals surface area contributed by atoms with E-state index in [2.05, 4.69) is 58.0 Å². The molecular formula is C58H76FN3O5. The third-order valence-corrected chi connectivity index (χ3v) is 22.1. The molecule has 3 aromatic rings. The average molecular weight is 914 g/mol. The number of ether oxygens (including phenoxy) is 1. The first-order valence-corrected chi connectivity index (χ1v) is 25.9. The molecule has 2 N–H and O–H groups in total. The molecule has 2 aromatic carbocycles. The van der Waals surface area contributed by atoms with Crippen LogP contribution < -0.4 is 0 Å². The van der Waals surface area contributed by atoms with E-state index in [0.29, 0.717) is 36.0 Å². The van der Waals surface area contributed by atoms with Crippen LogP contribution in [-0.4, -0.2) is 44.4 Å². The first-order valence-electron chi connectivity index (χ1n) is 25.9. The van der Waals surface area contributed by atoms with Crippen LogP contribution in [0, 0.1) is 85.1 Å². The number of esters is 1. The number of hydrogen-bond donors (Lipinski definition) is 2. The molecule has 6 aliphatic carbocycles. The van der Waals surface area contributed by atoms with Gasteiger partial charge in [0.15, 0.2) is 0 Å². The van der Waals surface area contributed by atoms with Gasteiger partial charge < -0.3 is 19.7 Å². The van der Waals surface area contributed by atoms with Gasteiger partial charge in [-0.1, -0.05) is 91.0 Å². The number of aromatic amines is 1. The summed E-state index contributed by atoms with van der Waals surface area (Å²) >= 11 is 0. The highest BCUT2D eigenvalue weighted by Crippen LogP contribution is 2.80. The fraction of sp³-hybridized carbons (Fsp3) is 0.655. The first-order chi connectivity index (χ1) is 31.7. The van der Waals surface area contributed by atoms with Gasteiger partial charge in [-0.25, -0.2) is 9.37 Å². The van der Waals surface area contributed by atoms with E-state index in [1.165, 1.54) is 17.7 Å². The molecule has 2 heterocycles. The van der Waals surface area contributed by atoms with E-state index < -0.39 is 28.1 Å². The third-order valence-electron chi connectivity index (χ3n) is 22.1. The van der Waals surface area contributed by atoms with Gasteiger partial charge >= 0.3 is 11.9 Å². The van der Waals surface area contributed by atoms with Crippen molar-refractivity contribution in [3.05, 3.63) is 90.2 Å². The van der Waals surface area contributed by atoms with Crippen LogP contribution in [0.3, 0.4) is 0 Å². The van der Waals surface area contributed by atoms with Crippen LogP contribution in [0.4, 0.5) is 4.39 Å². The largest absolute Gasteiger partial charge is 0.481 e. The summed E-state index contributed by atoms with van der Waals surface area (Å²) in [5.41, 5.74) is 1.54. The number of allylic oxidation sites excluding steroid dienone is 1. The Morgan fingerprint density at radius 1 is 0.836 bits per heavy atom. The Balaban J connectivity index is 0.905. The Morgan fingerprint density at radius 3 is 2.24 bits per heavy atom. The molecule has 7 aliphatic rings. The molecule has 8 nitrogen and oxygen atoms in total. The average Bonchev–Trinajstić information content (AvgIpc) is 4.06. The van der Waals surface area contributed by atoms with Crippen molar-refractivity contribution in [1.82, 2.24) is 14.9 Å². The Morgan fingerprint density at radius 2 is 1.55 bits per heavy atom. The first kappa shape index (κ1) is 46.5. The van der Waals surface area contributed by atoms with Gasteiger partial charge in [0, 0.05) is 6.54 Å². The Labute approximate surface area is 398 Å². The van der Waals surface area contributed by atoms with Crippen LogP contribution >= 0.6 is 0 Å². The van der Waals surface area contributed by atoms with Crippen LogP contribution in [0.5, 0.6) is 0 Å². The maximum atomic E-state index is 15.7. The van der Waals surface area contributed by atoms with E-state index >= 15 is 4.79 Å². The second-order valence-corrected chi connectivity index (χ2v) is 24.9. The van der Waals surface area contributed by atoms with Crippen molar-refractivity contribution in [2.45, 2.75) is 152 Å². The summed E-state index contributed by atoms with van der Waals surface area (Å²) in [7, 11) is 0. The molecule has 2 unspecified atom stereocenters. The van der Waals surface area contributed by atoms with Gasteiger partial charge in [-0.2, -0.15) is 0 Å². The molecule has 0 spiro atoms. The lowest BCUT2D eigenvalue weighted by Crippen LogP contribution is -2.71. The smallest absolute Gasteiger partial charge is 0.310 e. The maximum Gasteiger partial charge on any atom is 0.310 e. The number of aromatic nitrogens is 2. The van der Waals surface area contributed by atoms with Crippen LogP contribution in [0.1, 0.15) is 156 Å². The molecule has 13 atom stereocenters. The number of fused-ring (bicyclic) bond motifs is 7. The van der Waals surface area contributed by atoms with E-state index in [0.717, 1.165) is 106 Å². The predicted molar refractivity (Wildman–Crippen MR) is 258 cm³/mol. The number of amides is 1. The number of H-pyrrole nitrogens is 1. The summed E-state index contributed by atoms with van der Waals surface area (Å²) in [6.07, 6.45) is 14.0. The number of aliphatic carboxylic acids is 1. The van der Waals surface area contributed by atoms with Gasteiger partial charge in [0.2, 0.25) is 5.91 Å². The Bertz CT molecular complexity index is 2450. The normalized spacial score (nSPS) is 40.3. The number of carbonyl (C=O) groups excluding carboxylic acids is 2. The van der Waals surface area contributed by atoms with E-state index in [-0.39, 0.29) is 57.9 Å². The lowest BCUT2D eigenvalue weighted by molar-refractivity contribution is -0.269. The number of nitrogens with zero attached hydrogens (tertiary/aromatic N) is 2. The zero-order chi connectivity index (χ0) is 47.7. The maximum absolute atomic E-state index is 15.7. The zero-order valence-electron chi connectivity index (χ0n) is 41.6. The van der Waals surface area contributed by atoms with Crippen LogP contribution in [0.25, 0.3) is 11.3 Å². The van der Waals surface area contributed by atoms with Gasteiger partial charge in [0.05, 0.1) is 34.7 Å². The fourth-order valence-corrected chi connectivity index (χ4v) is 18.6. The van der Waals surface area contributed by atoms with Crippen molar-refractivity contribution < 1.29 is 28.6 Å². The van der Waals surface area contributed by atoms with Gasteiger partial charge in [-0.3, -0.25) is 14.4 Å². The summed E-state index contributed by atoms with van der Waals surface area (Å²) < 4.78 is 19.6. The van der Waals surface area contributed by atoms with Crippen LogP contribution in [0.2, 0.25) is 0 Å². The molecule has 67 heavy (non-hydrogen) atoms. The molecule has 7 fully saturated rings. The molecule has 1 aliphatic heterocycles. The molecule has 1 aromatic heterocycles. The number of likely N-dealkylation sites (tertiary alicyclic amines) is 1. The summed E-state index contributed by atoms with van der Waals surface area (Å²) in [4.78, 5) is 53.8. The number of carboxylic acids is 1. The molecule has 10 rings (SSSR count). The van der Waals surface area contributed by atoms with Crippen molar-refractivity contribution in [3.63, 3.8) is 0 Å². The van der Waals surface area contributed by atoms with E-state index in [9.17, 15) is 19.1 Å². The Kier molecular flexibility index (Phi) is 11.0. The number of rotatable bonds is 9. The second-order valence-electron chi connectivity index (χ2n) is 24.9. The number of benzene rings is 2. The molecule has 0 radical (unpaired) electrons. The van der Waals surface area contributed by atoms with Gasteiger partial charge in [-0.05, 0) is 188 Å². The monoisotopic (exact) mass is 914 g/mol. The summed E-state index contributed by atoms with van der Waals surface area (Å²) in [6, 6.07) is 16.1. The lowest BCUT2D eigenvalue weighted by atomic mass is 9.29. The van der Waals surface area contributed by atoms with E-state index in [4.69, 9.17) is 9.72 Å². The molecule has 1 saturated heterocycles. The predicted octanol–water partition coefficient (Wildman–Crippen LogP) is 13.0. The van der Waals surface area contributed by atoms with Gasteiger partial charge in [0.25, 0.3) is 0 Å². The van der Waals surface area contributed by atoms with Crippen molar-refractivity contribution in [2.24, 2.45) is 79.3 Å². The number of imidazole rings is 1. The molecule has 9 heteroatoms. The standard InChI is InChI=1S/C58H76FN3O5/c1-35(2)39-23-28-57(50(64)62-31-13-16-43(62)48-60-33-42(61-48)37-17-19-38(59)20-18-37)30-29-55(8)40(47(39)57)21-22-46-54(7)26-24-45(52(3,4)44(54)25-27-56(46,55)9)58(51(65)66)32-41(53(58,5)6)49(63)67-34-36-14-11-10-12-15-36/h10-12,14-15,17-20,33,39-41,43-47H,1,13,16,21-32,34H2,2-9H3,(H,60,61)(H,65,66)/t39-,40+,41?,43-,44+,45-,46+,47+,54+,55+,56+,57-,58?/m0/s1. The van der Waals surface area contributed by atoms with Crippen molar-refractivity contribution >= 4 is 17.8 Å². The molecular weight excluding hydrogens is 838 g/mol. The van der Waals surface area contributed by atoms with Gasteiger partial charge in [-0.15, -0.1) is 0 Å². The zero-order valence-corrected chi connectivity index (χ0v) is 41.6. The quantitative estimate of drug-likeness (QED) is 0.163. The number of hydrogen-bond acceptors (Lipinski definition) is 5. The lowest BCUT2D eigenvalue weighted by Gasteiger charge is -2.74. The highest BCUT2D eigenvalue weighted by molar-refractivity contribution is 5.85. The fourth-order valence-electron chi connectivity index (χ4n) is 18.6.